The van der Waals surface area contributed by atoms with Crippen molar-refractivity contribution >= 4 is 10.4 Å². The van der Waals surface area contributed by atoms with E-state index in [2.05, 4.69) is 6.92 Å². The van der Waals surface area contributed by atoms with E-state index in [1.54, 1.807) is 0 Å². The van der Waals surface area contributed by atoms with Crippen LogP contribution in [0.15, 0.2) is 0 Å². The second-order valence-electron chi connectivity index (χ2n) is 5.55. The maximum Gasteiger partial charge on any atom is 0.394 e. The number of rotatable bonds is 13. The summed E-state index contributed by atoms with van der Waals surface area (Å²) in [6, 6.07) is 0. The molecule has 0 aliphatic rings. The molecule has 0 aliphatic heterocycles. The summed E-state index contributed by atoms with van der Waals surface area (Å²) in [7, 11) is -4.67. The minimum Gasteiger partial charge on any atom is -0.377 e. The van der Waals surface area contributed by atoms with Gasteiger partial charge in [-0.2, -0.15) is 8.42 Å². The molecule has 0 radical (unpaired) electrons. The second-order valence-corrected chi connectivity index (χ2v) is 6.44. The maximum absolute atomic E-state index is 8.74. The van der Waals surface area contributed by atoms with Gasteiger partial charge in [-0.25, -0.2) is 0 Å². The Kier molecular flexibility index (Phi) is 18.7. The molecule has 1 atom stereocenters. The molecule has 0 heterocycles. The summed E-state index contributed by atoms with van der Waals surface area (Å²) in [5, 5.41) is 0. The Morgan fingerprint density at radius 2 is 1.27 bits per heavy atom. The van der Waals surface area contributed by atoms with Gasteiger partial charge in [-0.15, -0.1) is 0 Å². The van der Waals surface area contributed by atoms with Crippen LogP contribution >= 0.6 is 0 Å². The SMILES string of the molecule is CCCCCCCCCCCCOC(C)CN.O=S(=O)(O)O. The lowest BCUT2D eigenvalue weighted by Crippen LogP contribution is -2.20. The minimum absolute atomic E-state index is 0.230. The number of hydrogen-bond donors (Lipinski definition) is 3. The molecule has 0 aromatic rings. The van der Waals surface area contributed by atoms with E-state index in [-0.39, 0.29) is 6.10 Å². The average Bonchev–Trinajstić information content (AvgIpc) is 2.42. The van der Waals surface area contributed by atoms with Crippen LogP contribution in [0.4, 0.5) is 0 Å². The Morgan fingerprint density at radius 1 is 0.909 bits per heavy atom. The van der Waals surface area contributed by atoms with Gasteiger partial charge in [0.05, 0.1) is 6.10 Å². The molecule has 4 N–H and O–H groups in total. The summed E-state index contributed by atoms with van der Waals surface area (Å²) in [6.07, 6.45) is 14.0. The van der Waals surface area contributed by atoms with Gasteiger partial charge < -0.3 is 10.5 Å². The Morgan fingerprint density at radius 3 is 1.64 bits per heavy atom. The first kappa shape index (κ1) is 24.0. The van der Waals surface area contributed by atoms with Gasteiger partial charge in [-0.05, 0) is 13.3 Å². The molecule has 0 aromatic carbocycles. The van der Waals surface area contributed by atoms with Crippen molar-refractivity contribution in [2.24, 2.45) is 5.73 Å². The van der Waals surface area contributed by atoms with Crippen LogP contribution in [0.3, 0.4) is 0 Å². The quantitative estimate of drug-likeness (QED) is 0.348. The molecule has 0 rings (SSSR count). The fourth-order valence-corrected chi connectivity index (χ4v) is 1.94. The summed E-state index contributed by atoms with van der Waals surface area (Å²) < 4.78 is 37.1. The lowest BCUT2D eigenvalue weighted by Gasteiger charge is -2.09. The third-order valence-corrected chi connectivity index (χ3v) is 3.23. The Hall–Kier alpha value is -0.210. The molecular formula is C15H35NO5S. The van der Waals surface area contributed by atoms with Crippen molar-refractivity contribution in [1.29, 1.82) is 0 Å². The summed E-state index contributed by atoms with van der Waals surface area (Å²) in [4.78, 5) is 0. The van der Waals surface area contributed by atoms with Gasteiger partial charge in [-0.3, -0.25) is 9.11 Å². The van der Waals surface area contributed by atoms with Crippen molar-refractivity contribution in [3.8, 4) is 0 Å². The standard InChI is InChI=1S/C15H33NO.H2O4S/c1-3-4-5-6-7-8-9-10-11-12-13-17-15(2)14-16;1-5(2,3)4/h15H,3-14,16H2,1-2H3;(H2,1,2,3,4). The smallest absolute Gasteiger partial charge is 0.377 e. The van der Waals surface area contributed by atoms with Gasteiger partial charge in [0.25, 0.3) is 0 Å². The van der Waals surface area contributed by atoms with Crippen molar-refractivity contribution in [2.45, 2.75) is 84.2 Å². The summed E-state index contributed by atoms with van der Waals surface area (Å²) >= 11 is 0. The summed E-state index contributed by atoms with van der Waals surface area (Å²) in [6.45, 7) is 5.83. The van der Waals surface area contributed by atoms with Crippen LogP contribution in [-0.4, -0.2) is 36.8 Å². The predicted molar refractivity (Wildman–Crippen MR) is 90.5 cm³/mol. The summed E-state index contributed by atoms with van der Waals surface area (Å²) in [5.74, 6) is 0. The van der Waals surface area contributed by atoms with E-state index >= 15 is 0 Å². The molecule has 0 fully saturated rings. The fourth-order valence-electron chi connectivity index (χ4n) is 1.94. The van der Waals surface area contributed by atoms with Crippen LogP contribution in [0.2, 0.25) is 0 Å². The third-order valence-electron chi connectivity index (χ3n) is 3.23. The van der Waals surface area contributed by atoms with Crippen LogP contribution < -0.4 is 5.73 Å². The molecule has 6 nitrogen and oxygen atoms in total. The van der Waals surface area contributed by atoms with E-state index in [9.17, 15) is 0 Å². The molecule has 136 valence electrons. The van der Waals surface area contributed by atoms with Gasteiger partial charge in [0, 0.05) is 13.2 Å². The highest BCUT2D eigenvalue weighted by Gasteiger charge is 1.97. The first-order valence-electron chi connectivity index (χ1n) is 8.32. The van der Waals surface area contributed by atoms with Crippen LogP contribution in [0.5, 0.6) is 0 Å². The van der Waals surface area contributed by atoms with Gasteiger partial charge in [-0.1, -0.05) is 64.7 Å². The van der Waals surface area contributed by atoms with E-state index < -0.39 is 10.4 Å². The van der Waals surface area contributed by atoms with E-state index in [4.69, 9.17) is 28.0 Å². The molecule has 0 aromatic heterocycles. The Labute approximate surface area is 136 Å². The zero-order valence-electron chi connectivity index (χ0n) is 14.2. The molecule has 22 heavy (non-hydrogen) atoms. The highest BCUT2D eigenvalue weighted by Crippen LogP contribution is 2.10. The average molecular weight is 342 g/mol. The number of nitrogens with two attached hydrogens (primary N) is 1. The van der Waals surface area contributed by atoms with Crippen molar-refractivity contribution < 1.29 is 22.3 Å². The van der Waals surface area contributed by atoms with Gasteiger partial charge >= 0.3 is 10.4 Å². The molecule has 0 saturated carbocycles. The van der Waals surface area contributed by atoms with Crippen LogP contribution in [0, 0.1) is 0 Å². The van der Waals surface area contributed by atoms with Crippen LogP contribution in [0.25, 0.3) is 0 Å². The third kappa shape index (κ3) is 31.9. The van der Waals surface area contributed by atoms with E-state index in [1.165, 1.54) is 64.2 Å². The number of ether oxygens (including phenoxy) is 1. The van der Waals surface area contributed by atoms with E-state index in [1.807, 2.05) is 6.92 Å². The zero-order valence-corrected chi connectivity index (χ0v) is 15.0. The van der Waals surface area contributed by atoms with Gasteiger partial charge in [0.1, 0.15) is 0 Å². The fraction of sp³-hybridized carbons (Fsp3) is 1.00. The molecule has 0 amide bonds. The van der Waals surface area contributed by atoms with Gasteiger partial charge in [0.15, 0.2) is 0 Å². The lowest BCUT2D eigenvalue weighted by molar-refractivity contribution is 0.0689. The normalized spacial score (nSPS) is 12.6. The molecular weight excluding hydrogens is 306 g/mol. The lowest BCUT2D eigenvalue weighted by atomic mass is 10.1. The van der Waals surface area contributed by atoms with Crippen LogP contribution in [-0.2, 0) is 15.1 Å². The minimum atomic E-state index is -4.67. The van der Waals surface area contributed by atoms with Crippen molar-refractivity contribution in [3.63, 3.8) is 0 Å². The van der Waals surface area contributed by atoms with Crippen LogP contribution in [0.1, 0.15) is 78.1 Å². The monoisotopic (exact) mass is 341 g/mol. The largest absolute Gasteiger partial charge is 0.394 e. The zero-order chi connectivity index (χ0) is 17.3. The Balaban J connectivity index is 0. The van der Waals surface area contributed by atoms with Crippen molar-refractivity contribution in [1.82, 2.24) is 0 Å². The second kappa shape index (κ2) is 17.1. The van der Waals surface area contributed by atoms with E-state index in [0.717, 1.165) is 6.61 Å². The number of hydrogen-bond acceptors (Lipinski definition) is 4. The van der Waals surface area contributed by atoms with Gasteiger partial charge in [0.2, 0.25) is 0 Å². The molecule has 1 unspecified atom stereocenters. The highest BCUT2D eigenvalue weighted by atomic mass is 32.3. The maximum atomic E-state index is 8.74. The highest BCUT2D eigenvalue weighted by molar-refractivity contribution is 7.79. The van der Waals surface area contributed by atoms with Crippen molar-refractivity contribution in [3.05, 3.63) is 0 Å². The topological polar surface area (TPSA) is 110 Å². The molecule has 0 saturated heterocycles. The molecule has 0 spiro atoms. The summed E-state index contributed by atoms with van der Waals surface area (Å²) in [5.41, 5.74) is 5.48. The number of unbranched alkanes of at least 4 members (excludes halogenated alkanes) is 9. The molecule has 0 bridgehead atoms. The van der Waals surface area contributed by atoms with E-state index in [0.29, 0.717) is 6.54 Å². The van der Waals surface area contributed by atoms with Crippen molar-refractivity contribution in [2.75, 3.05) is 13.2 Å². The predicted octanol–water partition coefficient (Wildman–Crippen LogP) is 3.62. The molecule has 7 heteroatoms. The first-order chi connectivity index (χ1) is 10.3. The Bertz CT molecular complexity index is 301. The first-order valence-corrected chi connectivity index (χ1v) is 9.72. The molecule has 0 aliphatic carbocycles.